The molecular weight excluding hydrogens is 397 g/mol. The molecule has 0 bridgehead atoms. The smallest absolute Gasteiger partial charge is 0.471 e. The molecule has 158 valence electrons. The molecule has 1 N–H and O–H groups in total. The highest BCUT2D eigenvalue weighted by atomic mass is 19.4. The number of rotatable bonds is 4. The van der Waals surface area contributed by atoms with Crippen LogP contribution in [0.5, 0.6) is 11.5 Å². The first-order valence-corrected chi connectivity index (χ1v) is 9.51. The molecule has 0 spiro atoms. The van der Waals surface area contributed by atoms with Crippen molar-refractivity contribution < 1.29 is 27.4 Å². The summed E-state index contributed by atoms with van der Waals surface area (Å²) in [5.74, 6) is -0.896. The molecule has 1 atom stereocenters. The third-order valence-corrected chi connectivity index (χ3v) is 5.59. The zero-order chi connectivity index (χ0) is 21.5. The van der Waals surface area contributed by atoms with Gasteiger partial charge in [0.15, 0.2) is 11.5 Å². The Hall–Kier alpha value is -3.16. The maximum Gasteiger partial charge on any atom is 0.471 e. The number of amides is 1. The van der Waals surface area contributed by atoms with E-state index >= 15 is 0 Å². The highest BCUT2D eigenvalue weighted by Crippen LogP contribution is 2.41. The molecule has 1 unspecified atom stereocenters. The summed E-state index contributed by atoms with van der Waals surface area (Å²) in [4.78, 5) is 16.3. The Morgan fingerprint density at radius 3 is 2.57 bits per heavy atom. The third-order valence-electron chi connectivity index (χ3n) is 5.59. The molecule has 1 aliphatic heterocycles. The minimum absolute atomic E-state index is 0.0200. The SMILES string of the molecule is COc1cc2c(cc1OC)C(Cc1c[nH]c3ccccc13)N(C(=O)C(F)(F)F)CC2. The van der Waals surface area contributed by atoms with Gasteiger partial charge in [-0.1, -0.05) is 18.2 Å². The number of nitrogens with one attached hydrogen (secondary N) is 1. The number of carbonyl (C=O) groups excluding carboxylic acids is 1. The van der Waals surface area contributed by atoms with Crippen molar-refractivity contribution in [2.45, 2.75) is 25.1 Å². The molecule has 30 heavy (non-hydrogen) atoms. The lowest BCUT2D eigenvalue weighted by Crippen LogP contribution is -2.47. The highest BCUT2D eigenvalue weighted by molar-refractivity contribution is 5.84. The number of methoxy groups -OCH3 is 2. The number of hydrogen-bond donors (Lipinski definition) is 1. The van der Waals surface area contributed by atoms with E-state index in [2.05, 4.69) is 4.98 Å². The second kappa shape index (κ2) is 7.59. The monoisotopic (exact) mass is 418 g/mol. The molecule has 3 aromatic rings. The standard InChI is InChI=1S/C22H21F3N2O3/c1-29-19-10-13-7-8-27(21(28)22(23,24)25)18(16(13)11-20(19)30-2)9-14-12-26-17-6-4-3-5-15(14)17/h3-6,10-12,18,26H,7-9H2,1-2H3. The van der Waals surface area contributed by atoms with Crippen molar-refractivity contribution in [1.82, 2.24) is 9.88 Å². The van der Waals surface area contributed by atoms with Gasteiger partial charge < -0.3 is 19.4 Å². The molecule has 4 rings (SSSR count). The summed E-state index contributed by atoms with van der Waals surface area (Å²) in [7, 11) is 2.98. The van der Waals surface area contributed by atoms with Gasteiger partial charge in [-0.25, -0.2) is 0 Å². The van der Waals surface area contributed by atoms with E-state index < -0.39 is 18.1 Å². The van der Waals surface area contributed by atoms with Crippen molar-refractivity contribution in [2.75, 3.05) is 20.8 Å². The number of nitrogens with zero attached hydrogens (tertiary/aromatic N) is 1. The predicted octanol–water partition coefficient (Wildman–Crippen LogP) is 4.42. The molecule has 5 nitrogen and oxygen atoms in total. The van der Waals surface area contributed by atoms with Crippen LogP contribution >= 0.6 is 0 Å². The Morgan fingerprint density at radius 1 is 1.17 bits per heavy atom. The fraction of sp³-hybridized carbons (Fsp3) is 0.318. The fourth-order valence-corrected chi connectivity index (χ4v) is 4.16. The van der Waals surface area contributed by atoms with Crippen LogP contribution in [0.25, 0.3) is 10.9 Å². The van der Waals surface area contributed by atoms with Gasteiger partial charge in [0, 0.05) is 23.6 Å². The molecule has 2 heterocycles. The zero-order valence-electron chi connectivity index (χ0n) is 16.5. The molecule has 1 aromatic heterocycles. The van der Waals surface area contributed by atoms with Crippen LogP contribution in [-0.4, -0.2) is 42.7 Å². The molecule has 1 amide bonds. The average Bonchev–Trinajstić information content (AvgIpc) is 3.14. The van der Waals surface area contributed by atoms with Crippen LogP contribution in [0, 0.1) is 0 Å². The van der Waals surface area contributed by atoms with Gasteiger partial charge >= 0.3 is 12.1 Å². The summed E-state index contributed by atoms with van der Waals surface area (Å²) >= 11 is 0. The van der Waals surface area contributed by atoms with Gasteiger partial charge in [0.05, 0.1) is 20.3 Å². The van der Waals surface area contributed by atoms with Gasteiger partial charge in [-0.05, 0) is 47.7 Å². The van der Waals surface area contributed by atoms with Crippen molar-refractivity contribution in [2.24, 2.45) is 0 Å². The van der Waals surface area contributed by atoms with Crippen LogP contribution in [0.4, 0.5) is 13.2 Å². The number of H-pyrrole nitrogens is 1. The molecule has 2 aromatic carbocycles. The topological polar surface area (TPSA) is 54.6 Å². The van der Waals surface area contributed by atoms with E-state index in [0.29, 0.717) is 23.5 Å². The second-order valence-corrected chi connectivity index (χ2v) is 7.23. The molecule has 1 aliphatic rings. The lowest BCUT2D eigenvalue weighted by molar-refractivity contribution is -0.188. The van der Waals surface area contributed by atoms with E-state index in [1.807, 2.05) is 24.3 Å². The van der Waals surface area contributed by atoms with E-state index in [0.717, 1.165) is 26.9 Å². The molecule has 0 fully saturated rings. The minimum atomic E-state index is -4.94. The zero-order valence-corrected chi connectivity index (χ0v) is 16.5. The first kappa shape index (κ1) is 20.1. The van der Waals surface area contributed by atoms with Gasteiger partial charge in [-0.3, -0.25) is 4.79 Å². The number of benzene rings is 2. The van der Waals surface area contributed by atoms with E-state index in [1.165, 1.54) is 14.2 Å². The van der Waals surface area contributed by atoms with Crippen molar-refractivity contribution in [3.05, 3.63) is 59.3 Å². The van der Waals surface area contributed by atoms with Crippen molar-refractivity contribution in [1.29, 1.82) is 0 Å². The summed E-state index contributed by atoms with van der Waals surface area (Å²) in [6, 6.07) is 10.3. The summed E-state index contributed by atoms with van der Waals surface area (Å²) in [6.45, 7) is -0.0200. The van der Waals surface area contributed by atoms with Crippen LogP contribution in [0.15, 0.2) is 42.6 Å². The number of hydrogen-bond acceptors (Lipinski definition) is 3. The molecule has 0 radical (unpaired) electrons. The Bertz CT molecular complexity index is 1090. The lowest BCUT2D eigenvalue weighted by Gasteiger charge is -2.38. The molecule has 0 saturated heterocycles. The van der Waals surface area contributed by atoms with Crippen LogP contribution < -0.4 is 9.47 Å². The van der Waals surface area contributed by atoms with Crippen LogP contribution in [0.1, 0.15) is 22.7 Å². The van der Waals surface area contributed by atoms with Crippen molar-refractivity contribution >= 4 is 16.8 Å². The van der Waals surface area contributed by atoms with Crippen LogP contribution in [-0.2, 0) is 17.6 Å². The van der Waals surface area contributed by atoms with Crippen molar-refractivity contribution in [3.63, 3.8) is 0 Å². The van der Waals surface area contributed by atoms with Crippen molar-refractivity contribution in [3.8, 4) is 11.5 Å². The number of alkyl halides is 3. The number of ether oxygens (including phenoxy) is 2. The normalized spacial score (nSPS) is 16.4. The van der Waals surface area contributed by atoms with Gasteiger partial charge in [-0.15, -0.1) is 0 Å². The van der Waals surface area contributed by atoms with E-state index in [4.69, 9.17) is 9.47 Å². The van der Waals surface area contributed by atoms with Gasteiger partial charge in [0.2, 0.25) is 0 Å². The van der Waals surface area contributed by atoms with E-state index in [9.17, 15) is 18.0 Å². The Kier molecular flexibility index (Phi) is 5.09. The molecule has 0 saturated carbocycles. The first-order chi connectivity index (χ1) is 14.3. The lowest BCUT2D eigenvalue weighted by atomic mass is 9.88. The number of halogens is 3. The van der Waals surface area contributed by atoms with Gasteiger partial charge in [0.1, 0.15) is 0 Å². The van der Waals surface area contributed by atoms with Crippen LogP contribution in [0.2, 0.25) is 0 Å². The predicted molar refractivity (Wildman–Crippen MR) is 106 cm³/mol. The first-order valence-electron chi connectivity index (χ1n) is 9.51. The van der Waals surface area contributed by atoms with Gasteiger partial charge in [0.25, 0.3) is 0 Å². The number of aromatic amines is 1. The van der Waals surface area contributed by atoms with Gasteiger partial charge in [-0.2, -0.15) is 13.2 Å². The van der Waals surface area contributed by atoms with Crippen LogP contribution in [0.3, 0.4) is 0 Å². The molecule has 0 aliphatic carbocycles. The number of aromatic nitrogens is 1. The summed E-state index contributed by atoms with van der Waals surface area (Å²) in [5, 5.41) is 0.921. The second-order valence-electron chi connectivity index (χ2n) is 7.23. The largest absolute Gasteiger partial charge is 0.493 e. The summed E-state index contributed by atoms with van der Waals surface area (Å²) in [5.41, 5.74) is 3.23. The summed E-state index contributed by atoms with van der Waals surface area (Å²) < 4.78 is 50.7. The average molecular weight is 418 g/mol. The third kappa shape index (κ3) is 3.46. The summed E-state index contributed by atoms with van der Waals surface area (Å²) in [6.07, 6.45) is -2.60. The highest BCUT2D eigenvalue weighted by Gasteiger charge is 2.46. The molecular formula is C22H21F3N2O3. The fourth-order valence-electron chi connectivity index (χ4n) is 4.16. The minimum Gasteiger partial charge on any atom is -0.493 e. The molecule has 8 heteroatoms. The maximum atomic E-state index is 13.3. The Balaban J connectivity index is 1.82. The number of carbonyl (C=O) groups is 1. The quantitative estimate of drug-likeness (QED) is 0.683. The van der Waals surface area contributed by atoms with E-state index in [-0.39, 0.29) is 13.0 Å². The Morgan fingerprint density at radius 2 is 1.87 bits per heavy atom. The number of para-hydroxylation sites is 1. The number of fused-ring (bicyclic) bond motifs is 2. The maximum absolute atomic E-state index is 13.3. The Labute approximate surface area is 171 Å². The van der Waals surface area contributed by atoms with E-state index in [1.54, 1.807) is 18.3 Å².